The van der Waals surface area contributed by atoms with Crippen LogP contribution < -0.4 is 0 Å². The maximum atomic E-state index is 12.8. The van der Waals surface area contributed by atoms with Gasteiger partial charge in [-0.05, 0) is 32.1 Å². The summed E-state index contributed by atoms with van der Waals surface area (Å²) in [7, 11) is 0. The van der Waals surface area contributed by atoms with Crippen LogP contribution >= 0.6 is 0 Å². The monoisotopic (exact) mass is 308 g/mol. The van der Waals surface area contributed by atoms with Gasteiger partial charge >= 0.3 is 18.2 Å². The molecule has 0 bridgehead atoms. The van der Waals surface area contributed by atoms with Crippen molar-refractivity contribution in [1.29, 1.82) is 0 Å². The number of carbonyl (C=O) groups excluding carboxylic acids is 1. The number of hydrogen-bond acceptors (Lipinski definition) is 2. The van der Waals surface area contributed by atoms with Gasteiger partial charge < -0.3 is 14.9 Å². The highest BCUT2D eigenvalue weighted by atomic mass is 19.4. The maximum absolute atomic E-state index is 12.8. The van der Waals surface area contributed by atoms with Gasteiger partial charge in [0.2, 0.25) is 0 Å². The second kappa shape index (κ2) is 6.11. The van der Waals surface area contributed by atoms with Crippen LogP contribution in [-0.2, 0) is 4.79 Å². The van der Waals surface area contributed by atoms with Gasteiger partial charge in [0.1, 0.15) is 6.04 Å². The molecule has 2 unspecified atom stereocenters. The van der Waals surface area contributed by atoms with Crippen molar-refractivity contribution in [2.24, 2.45) is 5.92 Å². The van der Waals surface area contributed by atoms with Crippen molar-refractivity contribution in [2.45, 2.75) is 44.3 Å². The number of amides is 2. The molecule has 0 spiro atoms. The van der Waals surface area contributed by atoms with Crippen LogP contribution in [0.15, 0.2) is 0 Å². The molecule has 0 aromatic heterocycles. The summed E-state index contributed by atoms with van der Waals surface area (Å²) in [5.41, 5.74) is 0. The SMILES string of the molecule is O=C(O)C1CCCCN1C(=O)N1CCCC(C(F)(F)F)C1. The third kappa shape index (κ3) is 3.59. The Morgan fingerprint density at radius 2 is 1.76 bits per heavy atom. The van der Waals surface area contributed by atoms with E-state index in [9.17, 15) is 22.8 Å². The first kappa shape index (κ1) is 15.9. The molecule has 2 heterocycles. The predicted octanol–water partition coefficient (Wildman–Crippen LogP) is 2.32. The number of rotatable bonds is 1. The first-order valence-electron chi connectivity index (χ1n) is 7.15. The van der Waals surface area contributed by atoms with E-state index >= 15 is 0 Å². The van der Waals surface area contributed by atoms with Gasteiger partial charge in [-0.15, -0.1) is 0 Å². The van der Waals surface area contributed by atoms with E-state index in [0.29, 0.717) is 32.2 Å². The molecule has 2 aliphatic heterocycles. The highest BCUT2D eigenvalue weighted by Crippen LogP contribution is 2.33. The fraction of sp³-hybridized carbons (Fsp3) is 0.846. The van der Waals surface area contributed by atoms with Gasteiger partial charge in [-0.25, -0.2) is 9.59 Å². The summed E-state index contributed by atoms with van der Waals surface area (Å²) in [5.74, 6) is -2.60. The topological polar surface area (TPSA) is 60.9 Å². The van der Waals surface area contributed by atoms with Crippen LogP contribution in [0.2, 0.25) is 0 Å². The molecule has 0 radical (unpaired) electrons. The third-order valence-corrected chi connectivity index (χ3v) is 4.19. The Balaban J connectivity index is 2.06. The number of carboxylic acid groups (broad SMARTS) is 1. The van der Waals surface area contributed by atoms with Crippen molar-refractivity contribution >= 4 is 12.0 Å². The molecule has 0 aromatic rings. The van der Waals surface area contributed by atoms with Crippen LogP contribution in [0.5, 0.6) is 0 Å². The van der Waals surface area contributed by atoms with E-state index in [1.165, 1.54) is 4.90 Å². The number of likely N-dealkylation sites (tertiary alicyclic amines) is 2. The predicted molar refractivity (Wildman–Crippen MR) is 67.7 cm³/mol. The largest absolute Gasteiger partial charge is 0.480 e. The van der Waals surface area contributed by atoms with Crippen LogP contribution in [0.1, 0.15) is 32.1 Å². The van der Waals surface area contributed by atoms with Gasteiger partial charge in [0.05, 0.1) is 5.92 Å². The Bertz CT molecular complexity index is 414. The molecule has 2 rings (SSSR count). The fourth-order valence-corrected chi connectivity index (χ4v) is 3.02. The Kier molecular flexibility index (Phi) is 4.63. The molecule has 2 atom stereocenters. The number of hydrogen-bond donors (Lipinski definition) is 1. The minimum absolute atomic E-state index is 0.0235. The van der Waals surface area contributed by atoms with Gasteiger partial charge in [-0.1, -0.05) is 0 Å². The lowest BCUT2D eigenvalue weighted by atomic mass is 9.97. The molecular formula is C13H19F3N2O3. The van der Waals surface area contributed by atoms with Gasteiger partial charge in [0.15, 0.2) is 0 Å². The van der Waals surface area contributed by atoms with Crippen LogP contribution in [-0.4, -0.2) is 58.8 Å². The lowest BCUT2D eigenvalue weighted by molar-refractivity contribution is -0.184. The van der Waals surface area contributed by atoms with Gasteiger partial charge in [-0.2, -0.15) is 13.2 Å². The van der Waals surface area contributed by atoms with E-state index in [1.54, 1.807) is 0 Å². The second-order valence-corrected chi connectivity index (χ2v) is 5.65. The fourth-order valence-electron chi connectivity index (χ4n) is 3.02. The van der Waals surface area contributed by atoms with Gasteiger partial charge in [0, 0.05) is 19.6 Å². The third-order valence-electron chi connectivity index (χ3n) is 4.19. The molecule has 21 heavy (non-hydrogen) atoms. The molecular weight excluding hydrogens is 289 g/mol. The Morgan fingerprint density at radius 1 is 1.05 bits per heavy atom. The first-order chi connectivity index (χ1) is 9.80. The van der Waals surface area contributed by atoms with Gasteiger partial charge in [-0.3, -0.25) is 0 Å². The number of piperidine rings is 2. The number of carbonyl (C=O) groups is 2. The molecule has 1 N–H and O–H groups in total. The van der Waals surface area contributed by atoms with Gasteiger partial charge in [0.25, 0.3) is 0 Å². The molecule has 2 fully saturated rings. The van der Waals surface area contributed by atoms with Crippen molar-refractivity contribution in [1.82, 2.24) is 9.80 Å². The Labute approximate surface area is 120 Å². The lowest BCUT2D eigenvalue weighted by Gasteiger charge is -2.40. The second-order valence-electron chi connectivity index (χ2n) is 5.65. The summed E-state index contributed by atoms with van der Waals surface area (Å²) in [6, 6.07) is -1.49. The number of alkyl halides is 3. The van der Waals surface area contributed by atoms with E-state index < -0.39 is 30.1 Å². The molecule has 0 aliphatic carbocycles. The molecule has 0 aromatic carbocycles. The normalized spacial score (nSPS) is 27.6. The summed E-state index contributed by atoms with van der Waals surface area (Å²) >= 11 is 0. The van der Waals surface area contributed by atoms with E-state index in [2.05, 4.69) is 0 Å². The Morgan fingerprint density at radius 3 is 2.38 bits per heavy atom. The lowest BCUT2D eigenvalue weighted by Crippen LogP contribution is -2.55. The van der Waals surface area contributed by atoms with Crippen molar-refractivity contribution in [3.8, 4) is 0 Å². The minimum atomic E-state index is -4.31. The number of aliphatic carboxylic acids is 1. The smallest absolute Gasteiger partial charge is 0.393 e. The zero-order valence-corrected chi connectivity index (χ0v) is 11.6. The molecule has 2 aliphatic rings. The summed E-state index contributed by atoms with van der Waals surface area (Å²) in [6.07, 6.45) is -2.24. The minimum Gasteiger partial charge on any atom is -0.480 e. The molecule has 2 saturated heterocycles. The number of halogens is 3. The van der Waals surface area contributed by atoms with Crippen LogP contribution in [0.4, 0.5) is 18.0 Å². The number of nitrogens with zero attached hydrogens (tertiary/aromatic N) is 2. The first-order valence-corrected chi connectivity index (χ1v) is 7.15. The van der Waals surface area contributed by atoms with Crippen LogP contribution in [0, 0.1) is 5.92 Å². The molecule has 8 heteroatoms. The summed E-state index contributed by atoms with van der Waals surface area (Å²) in [6.45, 7) is 0.183. The molecule has 0 saturated carbocycles. The summed E-state index contributed by atoms with van der Waals surface area (Å²) in [4.78, 5) is 25.9. The van der Waals surface area contributed by atoms with E-state index in [4.69, 9.17) is 5.11 Å². The zero-order chi connectivity index (χ0) is 15.6. The Hall–Kier alpha value is -1.47. The van der Waals surface area contributed by atoms with Crippen molar-refractivity contribution in [3.05, 3.63) is 0 Å². The highest BCUT2D eigenvalue weighted by Gasteiger charge is 2.44. The zero-order valence-electron chi connectivity index (χ0n) is 11.6. The van der Waals surface area contributed by atoms with Crippen molar-refractivity contribution in [3.63, 3.8) is 0 Å². The van der Waals surface area contributed by atoms with Crippen molar-refractivity contribution in [2.75, 3.05) is 19.6 Å². The van der Waals surface area contributed by atoms with E-state index in [0.717, 1.165) is 4.90 Å². The number of carboxylic acids is 1. The average molecular weight is 308 g/mol. The van der Waals surface area contributed by atoms with E-state index in [1.807, 2.05) is 0 Å². The van der Waals surface area contributed by atoms with E-state index in [-0.39, 0.29) is 19.5 Å². The summed E-state index contributed by atoms with van der Waals surface area (Å²) in [5, 5.41) is 9.14. The maximum Gasteiger partial charge on any atom is 0.393 e. The average Bonchev–Trinajstić information content (AvgIpc) is 2.45. The molecule has 2 amide bonds. The summed E-state index contributed by atoms with van der Waals surface area (Å²) < 4.78 is 38.3. The standard InChI is InChI=1S/C13H19F3N2O3/c14-13(15,16)9-4-3-6-17(8-9)12(21)18-7-2-1-5-10(18)11(19)20/h9-10H,1-8H2,(H,19,20). The van der Waals surface area contributed by atoms with Crippen LogP contribution in [0.25, 0.3) is 0 Å². The highest BCUT2D eigenvalue weighted by molar-refractivity contribution is 5.83. The molecule has 5 nitrogen and oxygen atoms in total. The number of urea groups is 1. The molecule has 120 valence electrons. The van der Waals surface area contributed by atoms with Crippen LogP contribution in [0.3, 0.4) is 0 Å². The quantitative estimate of drug-likeness (QED) is 0.808. The van der Waals surface area contributed by atoms with Crippen molar-refractivity contribution < 1.29 is 27.9 Å².